The van der Waals surface area contributed by atoms with Crippen molar-refractivity contribution in [3.05, 3.63) is 72.4 Å². The fraction of sp³-hybridized carbons (Fsp3) is 0.240. The van der Waals surface area contributed by atoms with E-state index in [1.165, 1.54) is 24.4 Å². The van der Waals surface area contributed by atoms with Crippen molar-refractivity contribution in [2.75, 3.05) is 18.5 Å². The van der Waals surface area contributed by atoms with Crippen LogP contribution < -0.4 is 10.0 Å². The minimum absolute atomic E-state index is 0.0776. The topological polar surface area (TPSA) is 124 Å². The van der Waals surface area contributed by atoms with Gasteiger partial charge in [0, 0.05) is 23.8 Å². The number of rotatable bonds is 10. The number of nitrogens with zero attached hydrogens (tertiary/aromatic N) is 1. The number of anilines is 2. The summed E-state index contributed by atoms with van der Waals surface area (Å²) in [7, 11) is -3.69. The number of esters is 2. The highest BCUT2D eigenvalue weighted by Crippen LogP contribution is 2.31. The van der Waals surface area contributed by atoms with Crippen LogP contribution in [-0.4, -0.2) is 44.6 Å². The fourth-order valence-electron chi connectivity index (χ4n) is 3.21. The largest absolute Gasteiger partial charge is 0.462 e. The van der Waals surface area contributed by atoms with E-state index in [4.69, 9.17) is 9.47 Å². The van der Waals surface area contributed by atoms with Crippen LogP contribution in [0.25, 0.3) is 10.9 Å². The molecule has 0 aliphatic carbocycles. The monoisotopic (exact) mass is 497 g/mol. The summed E-state index contributed by atoms with van der Waals surface area (Å²) in [5.74, 6) is -1.09. The average molecular weight is 498 g/mol. The van der Waals surface area contributed by atoms with E-state index in [9.17, 15) is 18.0 Å². The molecule has 0 radical (unpaired) electrons. The molecule has 9 nitrogen and oxygen atoms in total. The van der Waals surface area contributed by atoms with Gasteiger partial charge in [-0.2, -0.15) is 0 Å². The van der Waals surface area contributed by atoms with Crippen molar-refractivity contribution in [2.24, 2.45) is 0 Å². The number of sulfonamides is 1. The molecule has 3 rings (SSSR count). The lowest BCUT2D eigenvalue weighted by atomic mass is 10.1. The predicted octanol–water partition coefficient (Wildman–Crippen LogP) is 4.18. The summed E-state index contributed by atoms with van der Waals surface area (Å²) in [6, 6.07) is 10.9. The van der Waals surface area contributed by atoms with E-state index in [0.29, 0.717) is 27.8 Å². The number of benzene rings is 2. The number of ether oxygens (including phenoxy) is 2. The van der Waals surface area contributed by atoms with Crippen LogP contribution in [-0.2, 0) is 19.5 Å². The molecule has 0 fully saturated rings. The molecule has 0 spiro atoms. The minimum atomic E-state index is -3.69. The van der Waals surface area contributed by atoms with Gasteiger partial charge >= 0.3 is 11.9 Å². The average Bonchev–Trinajstić information content (AvgIpc) is 2.82. The molecule has 10 heteroatoms. The standard InChI is InChI=1S/C25H27N3O6S/c1-5-13-27-35(31,32)19-10-8-18(9-11-19)28-23-20-14-17(24(29)34-16(3)4)7-12-22(20)26-15-21(23)25(30)33-6-2/h5,7-12,14-16,27H,1,6,13H2,2-4H3,(H,26,28). The first-order valence-corrected chi connectivity index (χ1v) is 12.4. The summed E-state index contributed by atoms with van der Waals surface area (Å²) < 4.78 is 37.6. The predicted molar refractivity (Wildman–Crippen MR) is 133 cm³/mol. The van der Waals surface area contributed by atoms with Crippen molar-refractivity contribution in [1.82, 2.24) is 9.71 Å². The molecule has 0 aliphatic rings. The lowest BCUT2D eigenvalue weighted by Crippen LogP contribution is -2.23. The molecule has 0 bridgehead atoms. The van der Waals surface area contributed by atoms with Gasteiger partial charge in [-0.15, -0.1) is 6.58 Å². The molecule has 184 valence electrons. The van der Waals surface area contributed by atoms with Crippen molar-refractivity contribution < 1.29 is 27.5 Å². The maximum atomic E-state index is 12.7. The van der Waals surface area contributed by atoms with Crippen molar-refractivity contribution in [2.45, 2.75) is 31.8 Å². The highest BCUT2D eigenvalue weighted by molar-refractivity contribution is 7.89. The second-order valence-corrected chi connectivity index (χ2v) is 9.51. The summed E-state index contributed by atoms with van der Waals surface area (Å²) in [4.78, 5) is 29.5. The van der Waals surface area contributed by atoms with E-state index in [-0.39, 0.29) is 29.7 Å². The summed E-state index contributed by atoms with van der Waals surface area (Å²) in [6.45, 7) is 8.98. The maximum Gasteiger partial charge on any atom is 0.341 e. The number of fused-ring (bicyclic) bond motifs is 1. The molecule has 0 aliphatic heterocycles. The minimum Gasteiger partial charge on any atom is -0.462 e. The van der Waals surface area contributed by atoms with Crippen molar-refractivity contribution in [3.8, 4) is 0 Å². The van der Waals surface area contributed by atoms with Gasteiger partial charge in [0.25, 0.3) is 0 Å². The van der Waals surface area contributed by atoms with Crippen LogP contribution in [0.3, 0.4) is 0 Å². The van der Waals surface area contributed by atoms with Gasteiger partial charge in [0.05, 0.1) is 34.4 Å². The highest BCUT2D eigenvalue weighted by atomic mass is 32.2. The van der Waals surface area contributed by atoms with Gasteiger partial charge in [-0.05, 0) is 63.2 Å². The Morgan fingerprint density at radius 2 is 1.83 bits per heavy atom. The summed E-state index contributed by atoms with van der Waals surface area (Å²) in [5, 5.41) is 3.66. The SMILES string of the molecule is C=CCNS(=O)(=O)c1ccc(Nc2c(C(=O)OCC)cnc3ccc(C(=O)OC(C)C)cc23)cc1. The van der Waals surface area contributed by atoms with Gasteiger partial charge in [-0.25, -0.2) is 22.7 Å². The Hall–Kier alpha value is -3.76. The molecule has 0 amide bonds. The Balaban J connectivity index is 2.06. The van der Waals surface area contributed by atoms with Gasteiger partial charge in [0.1, 0.15) is 5.56 Å². The van der Waals surface area contributed by atoms with Gasteiger partial charge < -0.3 is 14.8 Å². The van der Waals surface area contributed by atoms with Crippen LogP contribution in [0, 0.1) is 0 Å². The number of hydrogen-bond donors (Lipinski definition) is 2. The number of pyridine rings is 1. The first-order valence-electron chi connectivity index (χ1n) is 10.9. The van der Waals surface area contributed by atoms with Gasteiger partial charge in [0.2, 0.25) is 10.0 Å². The molecule has 0 atom stereocenters. The van der Waals surface area contributed by atoms with Crippen LogP contribution in [0.4, 0.5) is 11.4 Å². The molecule has 1 aromatic heterocycles. The number of hydrogen-bond acceptors (Lipinski definition) is 8. The summed E-state index contributed by atoms with van der Waals surface area (Å²) in [5.41, 5.74) is 1.88. The van der Waals surface area contributed by atoms with E-state index >= 15 is 0 Å². The first-order chi connectivity index (χ1) is 16.7. The zero-order valence-electron chi connectivity index (χ0n) is 19.7. The third-order valence-electron chi connectivity index (χ3n) is 4.79. The Kier molecular flexibility index (Phi) is 8.21. The number of carbonyl (C=O) groups is 2. The molecule has 2 aromatic carbocycles. The molecule has 1 heterocycles. The Bertz CT molecular complexity index is 1350. The molecule has 0 saturated heterocycles. The third kappa shape index (κ3) is 6.23. The van der Waals surface area contributed by atoms with Gasteiger partial charge in [0.15, 0.2) is 0 Å². The van der Waals surface area contributed by atoms with Crippen LogP contribution >= 0.6 is 0 Å². The number of aromatic nitrogens is 1. The van der Waals surface area contributed by atoms with Crippen LogP contribution in [0.15, 0.2) is 66.2 Å². The Morgan fingerprint density at radius 1 is 1.11 bits per heavy atom. The molecule has 3 aromatic rings. The van der Waals surface area contributed by atoms with Gasteiger partial charge in [-0.3, -0.25) is 4.98 Å². The Morgan fingerprint density at radius 3 is 2.46 bits per heavy atom. The van der Waals surface area contributed by atoms with Crippen LogP contribution in [0.5, 0.6) is 0 Å². The summed E-state index contributed by atoms with van der Waals surface area (Å²) >= 11 is 0. The second kappa shape index (κ2) is 11.1. The Labute approximate surface area is 204 Å². The van der Waals surface area contributed by atoms with Crippen molar-refractivity contribution >= 4 is 44.2 Å². The smallest absolute Gasteiger partial charge is 0.341 e. The molecule has 0 unspecified atom stereocenters. The summed E-state index contributed by atoms with van der Waals surface area (Å²) in [6.07, 6.45) is 2.55. The maximum absolute atomic E-state index is 12.7. The molecular weight excluding hydrogens is 470 g/mol. The normalized spacial score (nSPS) is 11.3. The fourth-order valence-corrected chi connectivity index (χ4v) is 4.21. The quantitative estimate of drug-likeness (QED) is 0.316. The third-order valence-corrected chi connectivity index (χ3v) is 6.23. The van der Waals surface area contributed by atoms with Crippen LogP contribution in [0.2, 0.25) is 0 Å². The van der Waals surface area contributed by atoms with Crippen molar-refractivity contribution in [3.63, 3.8) is 0 Å². The lowest BCUT2D eigenvalue weighted by Gasteiger charge is -2.15. The highest BCUT2D eigenvalue weighted by Gasteiger charge is 2.20. The number of nitrogens with one attached hydrogen (secondary N) is 2. The van der Waals surface area contributed by atoms with Gasteiger partial charge in [-0.1, -0.05) is 6.08 Å². The molecule has 35 heavy (non-hydrogen) atoms. The number of carbonyl (C=O) groups excluding carboxylic acids is 2. The first kappa shape index (κ1) is 25.9. The van der Waals surface area contributed by atoms with Crippen molar-refractivity contribution in [1.29, 1.82) is 0 Å². The zero-order valence-corrected chi connectivity index (χ0v) is 20.5. The van der Waals surface area contributed by atoms with E-state index < -0.39 is 22.0 Å². The molecular formula is C25H27N3O6S. The van der Waals surface area contributed by atoms with E-state index in [2.05, 4.69) is 21.6 Å². The lowest BCUT2D eigenvalue weighted by molar-refractivity contribution is 0.0377. The van der Waals surface area contributed by atoms with Crippen LogP contribution in [0.1, 0.15) is 41.5 Å². The van der Waals surface area contributed by atoms with E-state index in [1.54, 1.807) is 51.1 Å². The second-order valence-electron chi connectivity index (χ2n) is 7.74. The van der Waals surface area contributed by atoms with E-state index in [0.717, 1.165) is 0 Å². The zero-order chi connectivity index (χ0) is 25.6. The molecule has 0 saturated carbocycles. The van der Waals surface area contributed by atoms with E-state index in [1.807, 2.05) is 0 Å². The molecule has 2 N–H and O–H groups in total.